The fourth-order valence-corrected chi connectivity index (χ4v) is 3.30. The van der Waals surface area contributed by atoms with Crippen LogP contribution in [0.15, 0.2) is 16.4 Å². The predicted molar refractivity (Wildman–Crippen MR) is 89.2 cm³/mol. The van der Waals surface area contributed by atoms with Crippen LogP contribution in [0.5, 0.6) is 0 Å². The average molecular weight is 310 g/mol. The molecule has 1 aromatic rings. The maximum absolute atomic E-state index is 5.04. The molecule has 1 aliphatic heterocycles. The lowest BCUT2D eigenvalue weighted by atomic mass is 10.1. The highest BCUT2D eigenvalue weighted by Crippen LogP contribution is 2.23. The Morgan fingerprint density at radius 1 is 1.48 bits per heavy atom. The number of thiophene rings is 1. The predicted octanol–water partition coefficient (Wildman–Crippen LogP) is 1.31. The molecule has 0 saturated carbocycles. The molecule has 0 amide bonds. The van der Waals surface area contributed by atoms with E-state index in [9.17, 15) is 0 Å². The minimum atomic E-state index is 0.692. The lowest BCUT2D eigenvalue weighted by molar-refractivity contribution is 0.203. The van der Waals surface area contributed by atoms with Crippen molar-refractivity contribution in [2.24, 2.45) is 4.99 Å². The SMILES string of the molecule is CCNC(=NCCN1CCc2sccc2C1)NCCOC. The Labute approximate surface area is 131 Å². The molecule has 1 aromatic heterocycles. The number of methoxy groups -OCH3 is 1. The summed E-state index contributed by atoms with van der Waals surface area (Å²) in [5.74, 6) is 0.878. The van der Waals surface area contributed by atoms with Crippen LogP contribution in [0.1, 0.15) is 17.4 Å². The second-order valence-electron chi connectivity index (χ2n) is 5.08. The van der Waals surface area contributed by atoms with Gasteiger partial charge in [0.15, 0.2) is 5.96 Å². The molecule has 118 valence electrons. The van der Waals surface area contributed by atoms with Gasteiger partial charge in [-0.1, -0.05) is 0 Å². The smallest absolute Gasteiger partial charge is 0.191 e. The van der Waals surface area contributed by atoms with E-state index in [4.69, 9.17) is 4.74 Å². The van der Waals surface area contributed by atoms with Gasteiger partial charge in [-0.05, 0) is 30.4 Å². The quantitative estimate of drug-likeness (QED) is 0.453. The third kappa shape index (κ3) is 5.30. The van der Waals surface area contributed by atoms with Crippen molar-refractivity contribution >= 4 is 17.3 Å². The fourth-order valence-electron chi connectivity index (χ4n) is 2.41. The van der Waals surface area contributed by atoms with E-state index >= 15 is 0 Å². The van der Waals surface area contributed by atoms with Gasteiger partial charge in [-0.3, -0.25) is 9.89 Å². The normalized spacial score (nSPS) is 15.8. The molecular formula is C15H26N4OS. The first-order chi connectivity index (χ1) is 10.3. The van der Waals surface area contributed by atoms with Gasteiger partial charge in [-0.25, -0.2) is 0 Å². The Bertz CT molecular complexity index is 447. The van der Waals surface area contributed by atoms with Crippen molar-refractivity contribution in [2.75, 3.05) is 46.4 Å². The lowest BCUT2D eigenvalue weighted by Crippen LogP contribution is -2.39. The van der Waals surface area contributed by atoms with E-state index in [1.807, 2.05) is 11.3 Å². The molecule has 2 N–H and O–H groups in total. The molecule has 5 nitrogen and oxygen atoms in total. The standard InChI is InChI=1S/C15H26N4OS/c1-3-16-15(18-7-10-20-2)17-6-9-19-8-4-14-13(12-19)5-11-21-14/h5,11H,3-4,6-10,12H2,1-2H3,(H2,16,17,18). The molecule has 0 aromatic carbocycles. The van der Waals surface area contributed by atoms with Gasteiger partial charge >= 0.3 is 0 Å². The summed E-state index contributed by atoms with van der Waals surface area (Å²) in [5, 5.41) is 8.73. The highest BCUT2D eigenvalue weighted by molar-refractivity contribution is 7.10. The van der Waals surface area contributed by atoms with Gasteiger partial charge in [0, 0.05) is 44.7 Å². The summed E-state index contributed by atoms with van der Waals surface area (Å²) in [6, 6.07) is 2.26. The number of nitrogens with one attached hydrogen (secondary N) is 2. The second-order valence-corrected chi connectivity index (χ2v) is 6.08. The van der Waals surface area contributed by atoms with Crippen LogP contribution in [0.4, 0.5) is 0 Å². The van der Waals surface area contributed by atoms with Crippen LogP contribution in [0.2, 0.25) is 0 Å². The molecule has 0 radical (unpaired) electrons. The van der Waals surface area contributed by atoms with E-state index in [2.05, 4.69) is 38.9 Å². The topological polar surface area (TPSA) is 48.9 Å². The van der Waals surface area contributed by atoms with Crippen molar-refractivity contribution in [3.63, 3.8) is 0 Å². The molecule has 21 heavy (non-hydrogen) atoms. The number of hydrogen-bond donors (Lipinski definition) is 2. The van der Waals surface area contributed by atoms with E-state index < -0.39 is 0 Å². The van der Waals surface area contributed by atoms with Crippen LogP contribution in [-0.2, 0) is 17.7 Å². The van der Waals surface area contributed by atoms with E-state index in [0.29, 0.717) is 6.61 Å². The third-order valence-electron chi connectivity index (χ3n) is 3.52. The molecule has 0 spiro atoms. The van der Waals surface area contributed by atoms with Gasteiger partial charge in [0.1, 0.15) is 0 Å². The van der Waals surface area contributed by atoms with Crippen LogP contribution in [-0.4, -0.2) is 57.3 Å². The van der Waals surface area contributed by atoms with Gasteiger partial charge in [-0.2, -0.15) is 0 Å². The second kappa shape index (κ2) is 9.02. The Morgan fingerprint density at radius 2 is 2.38 bits per heavy atom. The summed E-state index contributed by atoms with van der Waals surface area (Å²) < 4.78 is 5.04. The van der Waals surface area contributed by atoms with E-state index in [0.717, 1.165) is 45.2 Å². The van der Waals surface area contributed by atoms with Crippen molar-refractivity contribution < 1.29 is 4.74 Å². The largest absolute Gasteiger partial charge is 0.383 e. The zero-order valence-electron chi connectivity index (χ0n) is 13.0. The van der Waals surface area contributed by atoms with E-state index in [1.54, 1.807) is 12.0 Å². The number of fused-ring (bicyclic) bond motifs is 1. The van der Waals surface area contributed by atoms with Crippen LogP contribution in [0, 0.1) is 0 Å². The van der Waals surface area contributed by atoms with Gasteiger partial charge in [-0.15, -0.1) is 11.3 Å². The summed E-state index contributed by atoms with van der Waals surface area (Å²) in [4.78, 5) is 8.67. The molecule has 0 fully saturated rings. The van der Waals surface area contributed by atoms with E-state index in [1.165, 1.54) is 12.0 Å². The van der Waals surface area contributed by atoms with Gasteiger partial charge < -0.3 is 15.4 Å². The Kier molecular flexibility index (Phi) is 6.99. The number of nitrogens with zero attached hydrogens (tertiary/aromatic N) is 2. The van der Waals surface area contributed by atoms with Crippen LogP contribution in [0.3, 0.4) is 0 Å². The monoisotopic (exact) mass is 310 g/mol. The molecule has 6 heteroatoms. The molecule has 2 rings (SSSR count). The summed E-state index contributed by atoms with van der Waals surface area (Å²) in [6.07, 6.45) is 1.18. The highest BCUT2D eigenvalue weighted by Gasteiger charge is 2.16. The van der Waals surface area contributed by atoms with Crippen LogP contribution >= 0.6 is 11.3 Å². The van der Waals surface area contributed by atoms with Gasteiger partial charge in [0.2, 0.25) is 0 Å². The molecule has 0 atom stereocenters. The number of hydrogen-bond acceptors (Lipinski definition) is 4. The summed E-state index contributed by atoms with van der Waals surface area (Å²) in [7, 11) is 1.71. The Morgan fingerprint density at radius 3 is 3.19 bits per heavy atom. The molecule has 0 unspecified atom stereocenters. The Balaban J connectivity index is 1.74. The first kappa shape index (κ1) is 16.3. The maximum Gasteiger partial charge on any atom is 0.191 e. The average Bonchev–Trinajstić information content (AvgIpc) is 2.95. The van der Waals surface area contributed by atoms with Crippen LogP contribution in [0.25, 0.3) is 0 Å². The van der Waals surface area contributed by atoms with Crippen molar-refractivity contribution in [1.29, 1.82) is 0 Å². The van der Waals surface area contributed by atoms with Gasteiger partial charge in [0.25, 0.3) is 0 Å². The zero-order valence-corrected chi connectivity index (χ0v) is 13.8. The summed E-state index contributed by atoms with van der Waals surface area (Å²) in [5.41, 5.74) is 1.50. The van der Waals surface area contributed by atoms with Crippen molar-refractivity contribution in [3.8, 4) is 0 Å². The lowest BCUT2D eigenvalue weighted by Gasteiger charge is -2.26. The number of guanidine groups is 1. The minimum Gasteiger partial charge on any atom is -0.383 e. The third-order valence-corrected chi connectivity index (χ3v) is 4.54. The number of ether oxygens (including phenoxy) is 1. The highest BCUT2D eigenvalue weighted by atomic mass is 32.1. The first-order valence-corrected chi connectivity index (χ1v) is 8.50. The van der Waals surface area contributed by atoms with Crippen molar-refractivity contribution in [2.45, 2.75) is 19.9 Å². The summed E-state index contributed by atoms with van der Waals surface area (Å²) in [6.45, 7) is 8.48. The summed E-state index contributed by atoms with van der Waals surface area (Å²) >= 11 is 1.89. The molecule has 2 heterocycles. The van der Waals surface area contributed by atoms with Gasteiger partial charge in [0.05, 0.1) is 13.2 Å². The molecule has 1 aliphatic rings. The maximum atomic E-state index is 5.04. The Hall–Kier alpha value is -1.11. The van der Waals surface area contributed by atoms with Crippen molar-refractivity contribution in [3.05, 3.63) is 21.9 Å². The number of aliphatic imine (C=N–C) groups is 1. The first-order valence-electron chi connectivity index (χ1n) is 7.62. The number of rotatable bonds is 7. The van der Waals surface area contributed by atoms with Crippen molar-refractivity contribution in [1.82, 2.24) is 15.5 Å². The minimum absolute atomic E-state index is 0.692. The fraction of sp³-hybridized carbons (Fsp3) is 0.667. The molecular weight excluding hydrogens is 284 g/mol. The molecule has 0 bridgehead atoms. The molecule has 0 aliphatic carbocycles. The van der Waals surface area contributed by atoms with E-state index in [-0.39, 0.29) is 0 Å². The van der Waals surface area contributed by atoms with Crippen LogP contribution < -0.4 is 10.6 Å². The molecule has 0 saturated heterocycles. The zero-order chi connectivity index (χ0) is 14.9.